The number of rotatable bonds is 8. The van der Waals surface area contributed by atoms with Gasteiger partial charge in [-0.05, 0) is 56.2 Å². The molecule has 0 aliphatic carbocycles. The van der Waals surface area contributed by atoms with E-state index in [1.54, 1.807) is 25.1 Å². The maximum Gasteiger partial charge on any atom is 0.258 e. The van der Waals surface area contributed by atoms with Gasteiger partial charge >= 0.3 is 0 Å². The number of aliphatic hydroxyl groups excluding tert-OH is 1. The highest BCUT2D eigenvalue weighted by molar-refractivity contribution is 7.89. The van der Waals surface area contributed by atoms with Crippen LogP contribution in [0.25, 0.3) is 0 Å². The van der Waals surface area contributed by atoms with Gasteiger partial charge in [-0.3, -0.25) is 9.59 Å². The molecule has 12 heteroatoms. The number of nitrogens with one attached hydrogen (secondary N) is 1. The van der Waals surface area contributed by atoms with Gasteiger partial charge in [0.05, 0.1) is 35.3 Å². The van der Waals surface area contributed by atoms with Gasteiger partial charge in [0.2, 0.25) is 15.9 Å². The minimum atomic E-state index is -3.98. The van der Waals surface area contributed by atoms with Crippen molar-refractivity contribution >= 4 is 27.5 Å². The first-order valence-corrected chi connectivity index (χ1v) is 14.8. The van der Waals surface area contributed by atoms with Crippen molar-refractivity contribution in [3.8, 4) is 5.75 Å². The molecular formula is C28H36FN3O7S. The number of anilines is 1. The molecule has 2 N–H and O–H groups in total. The minimum absolute atomic E-state index is 0.0644. The van der Waals surface area contributed by atoms with Crippen molar-refractivity contribution in [3.05, 3.63) is 53.8 Å². The van der Waals surface area contributed by atoms with E-state index >= 15 is 0 Å². The first-order valence-electron chi connectivity index (χ1n) is 13.3. The molecule has 2 aromatic rings. The van der Waals surface area contributed by atoms with E-state index in [1.165, 1.54) is 24.1 Å². The van der Waals surface area contributed by atoms with E-state index < -0.39 is 28.0 Å². The van der Waals surface area contributed by atoms with Crippen LogP contribution >= 0.6 is 0 Å². The number of aliphatic hydroxyl groups is 1. The first-order chi connectivity index (χ1) is 19.0. The van der Waals surface area contributed by atoms with E-state index in [1.807, 2.05) is 6.92 Å². The first kappa shape index (κ1) is 29.9. The third-order valence-electron chi connectivity index (χ3n) is 7.50. The van der Waals surface area contributed by atoms with Gasteiger partial charge in [-0.15, -0.1) is 0 Å². The fourth-order valence-electron chi connectivity index (χ4n) is 4.89. The Kier molecular flexibility index (Phi) is 9.44. The lowest BCUT2D eigenvalue weighted by atomic mass is 9.98. The van der Waals surface area contributed by atoms with Crippen molar-refractivity contribution in [2.45, 2.75) is 43.7 Å². The normalized spacial score (nSPS) is 21.2. The van der Waals surface area contributed by atoms with Crippen LogP contribution in [-0.4, -0.2) is 86.6 Å². The van der Waals surface area contributed by atoms with Crippen molar-refractivity contribution in [2.24, 2.45) is 11.8 Å². The molecule has 2 heterocycles. The smallest absolute Gasteiger partial charge is 0.258 e. The van der Waals surface area contributed by atoms with Gasteiger partial charge in [0.25, 0.3) is 5.91 Å². The predicted molar refractivity (Wildman–Crippen MR) is 146 cm³/mol. The molecular weight excluding hydrogens is 541 g/mol. The molecule has 218 valence electrons. The van der Waals surface area contributed by atoms with Gasteiger partial charge in [0, 0.05) is 38.6 Å². The van der Waals surface area contributed by atoms with Crippen LogP contribution in [0.15, 0.2) is 47.4 Å². The zero-order chi connectivity index (χ0) is 29.0. The van der Waals surface area contributed by atoms with Crippen molar-refractivity contribution in [1.82, 2.24) is 9.21 Å². The van der Waals surface area contributed by atoms with E-state index in [0.717, 1.165) is 16.4 Å². The SMILES string of the molecule is C[C@H]1CN([C@@H](C)CO)C(=O)c2cccc(NC(=O)C3CCOCC3)c2O[C@@H]1CN(C)S(=O)(=O)c1ccc(F)cc1. The number of likely N-dealkylation sites (N-methyl/N-ethyl adjacent to an activating group) is 1. The lowest BCUT2D eigenvalue weighted by Gasteiger charge is -2.38. The number of hydrogen-bond acceptors (Lipinski definition) is 7. The Balaban J connectivity index is 1.69. The number of ether oxygens (including phenoxy) is 2. The molecule has 0 aromatic heterocycles. The van der Waals surface area contributed by atoms with Gasteiger partial charge in [-0.25, -0.2) is 12.8 Å². The van der Waals surface area contributed by atoms with Crippen LogP contribution in [0.4, 0.5) is 10.1 Å². The summed E-state index contributed by atoms with van der Waals surface area (Å²) in [6.07, 6.45) is 0.420. The van der Waals surface area contributed by atoms with Crippen LogP contribution in [0.1, 0.15) is 37.0 Å². The van der Waals surface area contributed by atoms with Gasteiger partial charge in [0.15, 0.2) is 5.75 Å². The number of para-hydroxylation sites is 1. The van der Waals surface area contributed by atoms with Crippen molar-refractivity contribution in [1.29, 1.82) is 0 Å². The molecule has 0 spiro atoms. The Hall–Kier alpha value is -3.06. The number of hydrogen-bond donors (Lipinski definition) is 2. The van der Waals surface area contributed by atoms with E-state index in [2.05, 4.69) is 5.32 Å². The molecule has 1 fully saturated rings. The zero-order valence-corrected chi connectivity index (χ0v) is 23.7. The zero-order valence-electron chi connectivity index (χ0n) is 22.9. The van der Waals surface area contributed by atoms with Crippen molar-refractivity contribution in [3.63, 3.8) is 0 Å². The fourth-order valence-corrected chi connectivity index (χ4v) is 6.08. The summed E-state index contributed by atoms with van der Waals surface area (Å²) in [5.74, 6) is -1.59. The maximum absolute atomic E-state index is 13.6. The maximum atomic E-state index is 13.6. The van der Waals surface area contributed by atoms with Gasteiger partial charge < -0.3 is 24.8 Å². The van der Waals surface area contributed by atoms with E-state index in [9.17, 15) is 27.5 Å². The fraction of sp³-hybridized carbons (Fsp3) is 0.500. The highest BCUT2D eigenvalue weighted by Crippen LogP contribution is 2.36. The molecule has 1 saturated heterocycles. The Morgan fingerprint density at radius 2 is 1.88 bits per heavy atom. The Bertz CT molecular complexity index is 1320. The molecule has 2 aliphatic heterocycles. The second-order valence-corrected chi connectivity index (χ2v) is 12.5. The summed E-state index contributed by atoms with van der Waals surface area (Å²) in [6.45, 7) is 4.39. The number of halogens is 1. The average molecular weight is 578 g/mol. The quantitative estimate of drug-likeness (QED) is 0.494. The lowest BCUT2D eigenvalue weighted by molar-refractivity contribution is -0.122. The second-order valence-electron chi connectivity index (χ2n) is 10.4. The molecule has 0 unspecified atom stereocenters. The van der Waals surface area contributed by atoms with Crippen LogP contribution in [0.5, 0.6) is 5.75 Å². The molecule has 0 saturated carbocycles. The Morgan fingerprint density at radius 3 is 2.52 bits per heavy atom. The summed E-state index contributed by atoms with van der Waals surface area (Å²) in [6, 6.07) is 8.93. The van der Waals surface area contributed by atoms with Crippen LogP contribution in [0.2, 0.25) is 0 Å². The topological polar surface area (TPSA) is 125 Å². The van der Waals surface area contributed by atoms with E-state index in [4.69, 9.17) is 9.47 Å². The lowest BCUT2D eigenvalue weighted by Crippen LogP contribution is -2.50. The number of benzene rings is 2. The largest absolute Gasteiger partial charge is 0.486 e. The number of nitrogens with zero attached hydrogens (tertiary/aromatic N) is 2. The molecule has 3 atom stereocenters. The van der Waals surface area contributed by atoms with Crippen molar-refractivity contribution < 1.29 is 37.0 Å². The number of carbonyl (C=O) groups is 2. The van der Waals surface area contributed by atoms with Gasteiger partial charge in [-0.2, -0.15) is 4.31 Å². The number of amides is 2. The van der Waals surface area contributed by atoms with Gasteiger partial charge in [0.1, 0.15) is 11.9 Å². The summed E-state index contributed by atoms with van der Waals surface area (Å²) in [4.78, 5) is 28.2. The van der Waals surface area contributed by atoms with Crippen molar-refractivity contribution in [2.75, 3.05) is 45.3 Å². The summed E-state index contributed by atoms with van der Waals surface area (Å²) in [5.41, 5.74) is 0.508. The third-order valence-corrected chi connectivity index (χ3v) is 9.34. The van der Waals surface area contributed by atoms with E-state index in [-0.39, 0.29) is 59.6 Å². The summed E-state index contributed by atoms with van der Waals surface area (Å²) >= 11 is 0. The number of sulfonamides is 1. The monoisotopic (exact) mass is 577 g/mol. The molecule has 2 aliphatic rings. The van der Waals surface area contributed by atoms with E-state index in [0.29, 0.717) is 31.7 Å². The highest BCUT2D eigenvalue weighted by atomic mass is 32.2. The Morgan fingerprint density at radius 1 is 1.20 bits per heavy atom. The standard InChI is InChI=1S/C28H36FN3O7S/c1-18-15-32(19(2)17-33)28(35)23-5-4-6-24(30-27(34)20-11-13-38-14-12-20)26(23)39-25(18)16-31(3)40(36,37)22-9-7-21(29)8-10-22/h4-10,18-20,25,33H,11-17H2,1-3H3,(H,30,34)/t18-,19-,25+/m0/s1. The summed E-state index contributed by atoms with van der Waals surface area (Å²) in [5, 5.41) is 12.8. The highest BCUT2D eigenvalue weighted by Gasteiger charge is 2.36. The molecule has 0 bridgehead atoms. The third kappa shape index (κ3) is 6.46. The Labute approximate surface area is 234 Å². The second kappa shape index (κ2) is 12.6. The average Bonchev–Trinajstić information content (AvgIpc) is 2.95. The van der Waals surface area contributed by atoms with Crippen LogP contribution < -0.4 is 10.1 Å². The van der Waals surface area contributed by atoms with Crippen LogP contribution in [-0.2, 0) is 19.6 Å². The molecule has 0 radical (unpaired) electrons. The number of fused-ring (bicyclic) bond motifs is 1. The summed E-state index contributed by atoms with van der Waals surface area (Å²) in [7, 11) is -2.57. The molecule has 40 heavy (non-hydrogen) atoms. The van der Waals surface area contributed by atoms with Crippen LogP contribution in [0.3, 0.4) is 0 Å². The molecule has 2 amide bonds. The van der Waals surface area contributed by atoms with Crippen LogP contribution in [0, 0.1) is 17.7 Å². The number of carbonyl (C=O) groups excluding carboxylic acids is 2. The van der Waals surface area contributed by atoms with Gasteiger partial charge in [-0.1, -0.05) is 13.0 Å². The molecule has 4 rings (SSSR count). The minimum Gasteiger partial charge on any atom is -0.486 e. The summed E-state index contributed by atoms with van der Waals surface area (Å²) < 4.78 is 52.8. The molecule has 10 nitrogen and oxygen atoms in total. The molecule has 2 aromatic carbocycles. The predicted octanol–water partition coefficient (Wildman–Crippen LogP) is 2.73.